The van der Waals surface area contributed by atoms with Gasteiger partial charge in [-0.3, -0.25) is 9.36 Å². The summed E-state index contributed by atoms with van der Waals surface area (Å²) < 4.78 is 11.8. The van der Waals surface area contributed by atoms with Crippen LogP contribution in [0.5, 0.6) is 5.75 Å². The molecule has 1 aromatic heterocycles. The van der Waals surface area contributed by atoms with Crippen molar-refractivity contribution in [2.24, 2.45) is 0 Å². The number of ether oxygens (including phenoxy) is 2. The third-order valence-electron chi connectivity index (χ3n) is 4.58. The number of hydrogen-bond donors (Lipinski definition) is 0. The van der Waals surface area contributed by atoms with E-state index in [1.165, 1.54) is 18.9 Å². The Morgan fingerprint density at radius 3 is 2.72 bits per heavy atom. The van der Waals surface area contributed by atoms with Crippen LogP contribution in [0.25, 0.3) is 10.9 Å². The van der Waals surface area contributed by atoms with Gasteiger partial charge in [-0.05, 0) is 42.3 Å². The molecule has 0 saturated heterocycles. The maximum Gasteiger partial charge on any atom is 0.337 e. The van der Waals surface area contributed by atoms with E-state index in [0.717, 1.165) is 24.2 Å². The second-order valence-corrected chi connectivity index (χ2v) is 7.51. The van der Waals surface area contributed by atoms with Crippen LogP contribution in [0.4, 0.5) is 0 Å². The highest BCUT2D eigenvalue weighted by molar-refractivity contribution is 7.98. The number of nitrogens with zero attached hydrogens (tertiary/aromatic N) is 2. The Kier molecular flexibility index (Phi) is 6.93. The summed E-state index contributed by atoms with van der Waals surface area (Å²) in [7, 11) is 2.97. The van der Waals surface area contributed by atoms with Crippen LogP contribution < -0.4 is 10.3 Å². The van der Waals surface area contributed by atoms with Crippen molar-refractivity contribution < 1.29 is 14.3 Å². The number of thioether (sulfide) groups is 1. The van der Waals surface area contributed by atoms with Crippen molar-refractivity contribution in [3.05, 3.63) is 63.9 Å². The Bertz CT molecular complexity index is 1080. The van der Waals surface area contributed by atoms with Crippen molar-refractivity contribution in [2.45, 2.75) is 37.2 Å². The summed E-state index contributed by atoms with van der Waals surface area (Å²) in [6.07, 6.45) is 1.87. The number of unbranched alkanes of at least 4 members (excludes halogenated alkanes) is 1. The van der Waals surface area contributed by atoms with Gasteiger partial charge in [-0.15, -0.1) is 0 Å². The van der Waals surface area contributed by atoms with Gasteiger partial charge in [-0.1, -0.05) is 37.2 Å². The van der Waals surface area contributed by atoms with Crippen molar-refractivity contribution in [3.63, 3.8) is 0 Å². The summed E-state index contributed by atoms with van der Waals surface area (Å²) in [5, 5.41) is 1.14. The van der Waals surface area contributed by atoms with Gasteiger partial charge in [-0.2, -0.15) is 0 Å². The third kappa shape index (κ3) is 4.79. The van der Waals surface area contributed by atoms with Gasteiger partial charge >= 0.3 is 5.97 Å². The fraction of sp³-hybridized carbons (Fsp3) is 0.318. The van der Waals surface area contributed by atoms with Crippen LogP contribution in [0.3, 0.4) is 0 Å². The Morgan fingerprint density at radius 2 is 2.00 bits per heavy atom. The first-order valence-corrected chi connectivity index (χ1v) is 10.4. The second kappa shape index (κ2) is 9.60. The van der Waals surface area contributed by atoms with Crippen LogP contribution in [0.1, 0.15) is 35.7 Å². The van der Waals surface area contributed by atoms with Gasteiger partial charge < -0.3 is 9.47 Å². The second-order valence-electron chi connectivity index (χ2n) is 6.57. The Hall–Kier alpha value is -2.80. The maximum absolute atomic E-state index is 13.1. The van der Waals surface area contributed by atoms with Crippen molar-refractivity contribution in [1.29, 1.82) is 0 Å². The SMILES string of the molecule is CCCCn1c(SCc2cccc(OC)c2)nc2cc(C(=O)OC)ccc2c1=O. The Morgan fingerprint density at radius 1 is 1.17 bits per heavy atom. The number of fused-ring (bicyclic) bond motifs is 1. The molecule has 7 heteroatoms. The van der Waals surface area contributed by atoms with Gasteiger partial charge in [0.25, 0.3) is 5.56 Å². The minimum Gasteiger partial charge on any atom is -0.497 e. The fourth-order valence-electron chi connectivity index (χ4n) is 2.98. The lowest BCUT2D eigenvalue weighted by molar-refractivity contribution is 0.0601. The number of carbonyl (C=O) groups is 1. The van der Waals surface area contributed by atoms with Gasteiger partial charge in [0.1, 0.15) is 5.75 Å². The lowest BCUT2D eigenvalue weighted by Gasteiger charge is -2.13. The number of benzene rings is 2. The number of hydrogen-bond acceptors (Lipinski definition) is 6. The molecule has 3 rings (SSSR count). The van der Waals surface area contributed by atoms with Gasteiger partial charge in [0.05, 0.1) is 30.7 Å². The predicted octanol–water partition coefficient (Wildman–Crippen LogP) is 4.28. The molecule has 0 aliphatic carbocycles. The molecule has 6 nitrogen and oxygen atoms in total. The average molecular weight is 413 g/mol. The van der Waals surface area contributed by atoms with E-state index in [4.69, 9.17) is 14.5 Å². The van der Waals surface area contributed by atoms with Crippen LogP contribution in [-0.2, 0) is 17.0 Å². The number of esters is 1. The summed E-state index contributed by atoms with van der Waals surface area (Å²) in [5.74, 6) is 0.993. The van der Waals surface area contributed by atoms with Gasteiger partial charge in [0.2, 0.25) is 0 Å². The molecule has 0 spiro atoms. The summed E-state index contributed by atoms with van der Waals surface area (Å²) >= 11 is 1.50. The van der Waals surface area contributed by atoms with E-state index in [1.54, 1.807) is 29.9 Å². The average Bonchev–Trinajstić information content (AvgIpc) is 2.76. The van der Waals surface area contributed by atoms with E-state index in [9.17, 15) is 9.59 Å². The molecule has 0 saturated carbocycles. The third-order valence-corrected chi connectivity index (χ3v) is 5.63. The van der Waals surface area contributed by atoms with Crippen LogP contribution in [0.15, 0.2) is 52.4 Å². The largest absolute Gasteiger partial charge is 0.497 e. The van der Waals surface area contributed by atoms with E-state index in [2.05, 4.69) is 6.92 Å². The first-order valence-electron chi connectivity index (χ1n) is 9.46. The summed E-state index contributed by atoms with van der Waals surface area (Å²) in [6.45, 7) is 2.70. The quantitative estimate of drug-likeness (QED) is 0.312. The standard InChI is InChI=1S/C22H24N2O4S/c1-4-5-11-24-20(25)18-10-9-16(21(26)28-3)13-19(18)23-22(24)29-14-15-7-6-8-17(12-15)27-2/h6-10,12-13H,4-5,11,14H2,1-3H3. The molecular weight excluding hydrogens is 388 g/mol. The molecule has 0 bridgehead atoms. The minimum absolute atomic E-state index is 0.0898. The number of carbonyl (C=O) groups excluding carboxylic acids is 1. The van der Waals surface area contributed by atoms with Crippen molar-refractivity contribution in [2.75, 3.05) is 14.2 Å². The molecular formula is C22H24N2O4S. The zero-order valence-electron chi connectivity index (χ0n) is 16.8. The van der Waals surface area contributed by atoms with Gasteiger partial charge in [0.15, 0.2) is 5.16 Å². The van der Waals surface area contributed by atoms with E-state index in [-0.39, 0.29) is 5.56 Å². The lowest BCUT2D eigenvalue weighted by Crippen LogP contribution is -2.23. The molecule has 0 fully saturated rings. The summed E-state index contributed by atoms with van der Waals surface area (Å²) in [6, 6.07) is 12.7. The molecule has 0 aliphatic heterocycles. The predicted molar refractivity (Wildman–Crippen MR) is 115 cm³/mol. The number of aromatic nitrogens is 2. The Balaban J connectivity index is 2.01. The number of rotatable bonds is 8. The van der Waals surface area contributed by atoms with Crippen LogP contribution in [-0.4, -0.2) is 29.7 Å². The minimum atomic E-state index is -0.450. The molecule has 29 heavy (non-hydrogen) atoms. The highest BCUT2D eigenvalue weighted by Crippen LogP contribution is 2.25. The smallest absolute Gasteiger partial charge is 0.337 e. The topological polar surface area (TPSA) is 70.4 Å². The molecule has 0 radical (unpaired) electrons. The Labute approximate surface area is 173 Å². The van der Waals surface area contributed by atoms with E-state index in [1.807, 2.05) is 24.3 Å². The van der Waals surface area contributed by atoms with Crippen LogP contribution >= 0.6 is 11.8 Å². The molecule has 0 atom stereocenters. The number of methoxy groups -OCH3 is 2. The first kappa shape index (κ1) is 20.9. The van der Waals surface area contributed by atoms with Crippen molar-refractivity contribution in [1.82, 2.24) is 9.55 Å². The summed E-state index contributed by atoms with van der Waals surface area (Å²) in [5.41, 5.74) is 1.86. The first-order chi connectivity index (χ1) is 14.1. The molecule has 0 N–H and O–H groups in total. The zero-order valence-corrected chi connectivity index (χ0v) is 17.6. The monoisotopic (exact) mass is 412 g/mol. The van der Waals surface area contributed by atoms with E-state index in [0.29, 0.717) is 33.9 Å². The molecule has 0 unspecified atom stereocenters. The fourth-order valence-corrected chi connectivity index (χ4v) is 3.95. The molecule has 0 amide bonds. The van der Waals surface area contributed by atoms with Crippen molar-refractivity contribution in [3.8, 4) is 5.75 Å². The zero-order chi connectivity index (χ0) is 20.8. The van der Waals surface area contributed by atoms with E-state index < -0.39 is 5.97 Å². The molecule has 2 aromatic carbocycles. The van der Waals surface area contributed by atoms with Gasteiger partial charge in [0, 0.05) is 12.3 Å². The lowest BCUT2D eigenvalue weighted by atomic mass is 10.1. The normalized spacial score (nSPS) is 10.9. The van der Waals surface area contributed by atoms with E-state index >= 15 is 0 Å². The van der Waals surface area contributed by atoms with Crippen molar-refractivity contribution >= 4 is 28.6 Å². The highest BCUT2D eigenvalue weighted by Gasteiger charge is 2.14. The maximum atomic E-state index is 13.1. The molecule has 3 aromatic rings. The van der Waals surface area contributed by atoms with Gasteiger partial charge in [-0.25, -0.2) is 9.78 Å². The molecule has 0 aliphatic rings. The molecule has 1 heterocycles. The van der Waals surface area contributed by atoms with Crippen LogP contribution in [0.2, 0.25) is 0 Å². The molecule has 152 valence electrons. The highest BCUT2D eigenvalue weighted by atomic mass is 32.2. The summed E-state index contributed by atoms with van der Waals surface area (Å²) in [4.78, 5) is 29.7. The van der Waals surface area contributed by atoms with Crippen LogP contribution in [0, 0.1) is 0 Å².